The van der Waals surface area contributed by atoms with Crippen LogP contribution in [-0.4, -0.2) is 28.2 Å². The van der Waals surface area contributed by atoms with Gasteiger partial charge in [0, 0.05) is 23.0 Å². The number of ether oxygens (including phenoxy) is 1. The highest BCUT2D eigenvalue weighted by atomic mass is 32.1. The molecule has 0 fully saturated rings. The minimum atomic E-state index is 0.365. The highest BCUT2D eigenvalue weighted by Crippen LogP contribution is 2.20. The van der Waals surface area contributed by atoms with Gasteiger partial charge in [-0.1, -0.05) is 30.3 Å². The third-order valence-corrected chi connectivity index (χ3v) is 4.20. The molecule has 0 bridgehead atoms. The number of methoxy groups -OCH3 is 1. The van der Waals surface area contributed by atoms with Crippen LogP contribution in [0.25, 0.3) is 11.3 Å². The van der Waals surface area contributed by atoms with Gasteiger partial charge in [0.2, 0.25) is 0 Å². The van der Waals surface area contributed by atoms with Crippen molar-refractivity contribution in [2.75, 3.05) is 12.4 Å². The second-order valence-corrected chi connectivity index (χ2v) is 6.43. The van der Waals surface area contributed by atoms with E-state index in [1.165, 1.54) is 0 Å². The standard InChI is InChI=1S/C21H20N6OS/c1-28-19-10-8-18(9-11-19)24-21(29)25-23-14-17-15-27(13-5-12-22)26-20(17)16-6-3-2-4-7-16/h2-4,6-11,14-15H,5,13H2,1H3,(H2,24,25,29)/b23-14-. The van der Waals surface area contributed by atoms with Crippen molar-refractivity contribution in [3.63, 3.8) is 0 Å². The zero-order valence-corrected chi connectivity index (χ0v) is 16.7. The van der Waals surface area contributed by atoms with Gasteiger partial charge in [0.05, 0.1) is 32.4 Å². The summed E-state index contributed by atoms with van der Waals surface area (Å²) in [5, 5.41) is 21.1. The Morgan fingerprint density at radius 1 is 1.24 bits per heavy atom. The number of hydrogen-bond acceptors (Lipinski definition) is 5. The molecular formula is C21H20N6OS. The fourth-order valence-electron chi connectivity index (χ4n) is 2.62. The van der Waals surface area contributed by atoms with Crippen molar-refractivity contribution < 1.29 is 4.74 Å². The molecule has 0 saturated carbocycles. The first kappa shape index (κ1) is 20.0. The predicted molar refractivity (Wildman–Crippen MR) is 118 cm³/mol. The van der Waals surface area contributed by atoms with E-state index in [4.69, 9.17) is 22.2 Å². The summed E-state index contributed by atoms with van der Waals surface area (Å²) in [6.07, 6.45) is 3.92. The smallest absolute Gasteiger partial charge is 0.191 e. The Kier molecular flexibility index (Phi) is 6.92. The highest BCUT2D eigenvalue weighted by Gasteiger charge is 2.09. The zero-order chi connectivity index (χ0) is 20.5. The topological polar surface area (TPSA) is 87.3 Å². The number of benzene rings is 2. The van der Waals surface area contributed by atoms with Gasteiger partial charge in [-0.05, 0) is 36.5 Å². The fraction of sp³-hybridized carbons (Fsp3) is 0.143. The Morgan fingerprint density at radius 2 is 2.00 bits per heavy atom. The van der Waals surface area contributed by atoms with E-state index >= 15 is 0 Å². The molecule has 2 aromatic carbocycles. The number of aromatic nitrogens is 2. The molecule has 0 aliphatic carbocycles. The Hall–Kier alpha value is -3.70. The summed E-state index contributed by atoms with van der Waals surface area (Å²) >= 11 is 5.28. The van der Waals surface area contributed by atoms with E-state index in [2.05, 4.69) is 27.0 Å². The number of rotatable bonds is 7. The molecule has 1 heterocycles. The van der Waals surface area contributed by atoms with E-state index in [9.17, 15) is 0 Å². The van der Waals surface area contributed by atoms with Crippen molar-refractivity contribution in [2.24, 2.45) is 5.10 Å². The quantitative estimate of drug-likeness (QED) is 0.354. The van der Waals surface area contributed by atoms with Crippen molar-refractivity contribution in [2.45, 2.75) is 13.0 Å². The summed E-state index contributed by atoms with van der Waals surface area (Å²) in [5.41, 5.74) is 6.23. The first-order chi connectivity index (χ1) is 14.2. The molecule has 0 saturated heterocycles. The van der Waals surface area contributed by atoms with Gasteiger partial charge in [0.15, 0.2) is 5.11 Å². The maximum atomic E-state index is 8.82. The monoisotopic (exact) mass is 404 g/mol. The molecule has 0 atom stereocenters. The first-order valence-electron chi connectivity index (χ1n) is 8.93. The zero-order valence-electron chi connectivity index (χ0n) is 15.9. The Balaban J connectivity index is 1.69. The molecule has 3 aromatic rings. The van der Waals surface area contributed by atoms with E-state index in [0.717, 1.165) is 28.3 Å². The van der Waals surface area contributed by atoms with E-state index in [0.29, 0.717) is 18.1 Å². The van der Waals surface area contributed by atoms with Gasteiger partial charge in [0.1, 0.15) is 11.4 Å². The maximum Gasteiger partial charge on any atom is 0.191 e. The molecule has 0 amide bonds. The fourth-order valence-corrected chi connectivity index (χ4v) is 2.80. The maximum absolute atomic E-state index is 8.82. The van der Waals surface area contributed by atoms with Gasteiger partial charge in [-0.15, -0.1) is 0 Å². The summed E-state index contributed by atoms with van der Waals surface area (Å²) < 4.78 is 6.89. The predicted octanol–water partition coefficient (Wildman–Crippen LogP) is 3.79. The molecule has 0 spiro atoms. The first-order valence-corrected chi connectivity index (χ1v) is 9.34. The molecule has 2 N–H and O–H groups in total. The van der Waals surface area contributed by atoms with Crippen molar-refractivity contribution in [3.05, 3.63) is 66.4 Å². The molecule has 8 heteroatoms. The van der Waals surface area contributed by atoms with E-state index in [-0.39, 0.29) is 0 Å². The van der Waals surface area contributed by atoms with E-state index in [1.807, 2.05) is 60.8 Å². The minimum absolute atomic E-state index is 0.365. The van der Waals surface area contributed by atoms with Crippen molar-refractivity contribution in [1.82, 2.24) is 15.2 Å². The molecule has 1 aromatic heterocycles. The normalized spacial score (nSPS) is 10.5. The van der Waals surface area contributed by atoms with Gasteiger partial charge in [-0.25, -0.2) is 0 Å². The summed E-state index contributed by atoms with van der Waals surface area (Å²) in [4.78, 5) is 0. The van der Waals surface area contributed by atoms with Gasteiger partial charge >= 0.3 is 0 Å². The van der Waals surface area contributed by atoms with E-state index < -0.39 is 0 Å². The van der Waals surface area contributed by atoms with Crippen LogP contribution in [0.1, 0.15) is 12.0 Å². The van der Waals surface area contributed by atoms with Gasteiger partial charge in [0.25, 0.3) is 0 Å². The molecule has 29 heavy (non-hydrogen) atoms. The van der Waals surface area contributed by atoms with Gasteiger partial charge in [-0.2, -0.15) is 15.5 Å². The second-order valence-electron chi connectivity index (χ2n) is 6.02. The number of nitrogens with zero attached hydrogens (tertiary/aromatic N) is 4. The van der Waals surface area contributed by atoms with Crippen molar-refractivity contribution in [3.8, 4) is 23.1 Å². The summed E-state index contributed by atoms with van der Waals surface area (Å²) in [6.45, 7) is 0.523. The molecule has 7 nitrogen and oxygen atoms in total. The van der Waals surface area contributed by atoms with Gasteiger partial charge < -0.3 is 10.1 Å². The van der Waals surface area contributed by atoms with E-state index in [1.54, 1.807) is 18.0 Å². The molecule has 0 unspecified atom stereocenters. The molecule has 0 aliphatic rings. The molecule has 0 aliphatic heterocycles. The number of nitriles is 1. The average molecular weight is 404 g/mol. The third-order valence-electron chi connectivity index (χ3n) is 4.01. The molecular weight excluding hydrogens is 384 g/mol. The van der Waals surface area contributed by atoms with Gasteiger partial charge in [-0.3, -0.25) is 10.1 Å². The Morgan fingerprint density at radius 3 is 2.69 bits per heavy atom. The van der Waals surface area contributed by atoms with Crippen LogP contribution in [0.15, 0.2) is 65.9 Å². The van der Waals surface area contributed by atoms with Crippen LogP contribution < -0.4 is 15.5 Å². The van der Waals surface area contributed by atoms with Crippen LogP contribution in [0.3, 0.4) is 0 Å². The average Bonchev–Trinajstić information content (AvgIpc) is 3.16. The SMILES string of the molecule is COc1ccc(NC(=S)N/N=C\c2cn(CCC#N)nc2-c2ccccc2)cc1. The molecule has 0 radical (unpaired) electrons. The van der Waals surface area contributed by atoms with Crippen LogP contribution in [0.5, 0.6) is 5.75 Å². The lowest BCUT2D eigenvalue weighted by atomic mass is 10.1. The molecule has 3 rings (SSSR count). The highest BCUT2D eigenvalue weighted by molar-refractivity contribution is 7.80. The van der Waals surface area contributed by atoms with Crippen LogP contribution in [0, 0.1) is 11.3 Å². The number of nitrogens with one attached hydrogen (secondary N) is 2. The number of thiocarbonyl (C=S) groups is 1. The van der Waals surface area contributed by atoms with Crippen LogP contribution in [0.2, 0.25) is 0 Å². The number of anilines is 1. The lowest BCUT2D eigenvalue weighted by Crippen LogP contribution is -2.23. The third kappa shape index (κ3) is 5.64. The number of aryl methyl sites for hydroxylation is 1. The summed E-state index contributed by atoms with van der Waals surface area (Å²) in [7, 11) is 1.62. The summed E-state index contributed by atoms with van der Waals surface area (Å²) in [6, 6.07) is 19.4. The second kappa shape index (κ2) is 10.0. The minimum Gasteiger partial charge on any atom is -0.497 e. The van der Waals surface area contributed by atoms with Crippen LogP contribution in [-0.2, 0) is 6.54 Å². The largest absolute Gasteiger partial charge is 0.497 e. The van der Waals surface area contributed by atoms with Crippen LogP contribution in [0.4, 0.5) is 5.69 Å². The van der Waals surface area contributed by atoms with Crippen molar-refractivity contribution >= 4 is 29.2 Å². The Bertz CT molecular complexity index is 1020. The summed E-state index contributed by atoms with van der Waals surface area (Å²) in [5.74, 6) is 0.772. The lowest BCUT2D eigenvalue weighted by Gasteiger charge is -2.07. The Labute approximate surface area is 174 Å². The lowest BCUT2D eigenvalue weighted by molar-refractivity contribution is 0.415. The number of hydrogen-bond donors (Lipinski definition) is 2. The van der Waals surface area contributed by atoms with Crippen LogP contribution >= 0.6 is 12.2 Å². The molecule has 146 valence electrons. The number of hydrazone groups is 1. The van der Waals surface area contributed by atoms with Crippen molar-refractivity contribution in [1.29, 1.82) is 5.26 Å².